The summed E-state index contributed by atoms with van der Waals surface area (Å²) in [6.07, 6.45) is 4.58. The summed E-state index contributed by atoms with van der Waals surface area (Å²) in [4.78, 5) is 37.6. The van der Waals surface area contributed by atoms with Crippen molar-refractivity contribution >= 4 is 23.9 Å². The van der Waals surface area contributed by atoms with Crippen molar-refractivity contribution in [3.05, 3.63) is 29.3 Å². The van der Waals surface area contributed by atoms with Gasteiger partial charge < -0.3 is 14.4 Å². The Kier molecular flexibility index (Phi) is 6.57. The number of esters is 2. The van der Waals surface area contributed by atoms with Gasteiger partial charge >= 0.3 is 11.9 Å². The van der Waals surface area contributed by atoms with Crippen molar-refractivity contribution in [1.29, 1.82) is 0 Å². The maximum Gasteiger partial charge on any atom is 0.338 e. The zero-order valence-electron chi connectivity index (χ0n) is 17.4. The maximum absolute atomic E-state index is 12.4. The first-order chi connectivity index (χ1) is 13.9. The van der Waals surface area contributed by atoms with Gasteiger partial charge in [0.05, 0.1) is 24.0 Å². The minimum atomic E-state index is -0.526. The average Bonchev–Trinajstić information content (AvgIpc) is 2.69. The van der Waals surface area contributed by atoms with Gasteiger partial charge in [0.2, 0.25) is 0 Å². The van der Waals surface area contributed by atoms with Crippen LogP contribution in [0.3, 0.4) is 0 Å². The molecule has 7 heteroatoms. The fraction of sp³-hybridized carbons (Fsp3) is 0.591. The van der Waals surface area contributed by atoms with Gasteiger partial charge in [0.15, 0.2) is 12.5 Å². The van der Waals surface area contributed by atoms with Gasteiger partial charge in [0, 0.05) is 30.9 Å². The molecule has 2 aliphatic rings. The number of anilines is 1. The van der Waals surface area contributed by atoms with Crippen molar-refractivity contribution in [3.8, 4) is 0 Å². The van der Waals surface area contributed by atoms with E-state index < -0.39 is 5.97 Å². The second kappa shape index (κ2) is 8.95. The Morgan fingerprint density at radius 2 is 2.10 bits per heavy atom. The topological polar surface area (TPSA) is 84.9 Å². The number of aldehydes is 1. The molecule has 0 saturated carbocycles. The van der Waals surface area contributed by atoms with Crippen molar-refractivity contribution in [2.45, 2.75) is 45.8 Å². The molecule has 1 spiro atoms. The normalized spacial score (nSPS) is 20.4. The van der Waals surface area contributed by atoms with Crippen LogP contribution in [0.15, 0.2) is 18.2 Å². The molecule has 0 aromatic heterocycles. The number of hydrogen-bond donors (Lipinski definition) is 1. The zero-order valence-corrected chi connectivity index (χ0v) is 17.4. The Morgan fingerprint density at radius 1 is 1.34 bits per heavy atom. The number of methoxy groups -OCH3 is 1. The molecule has 2 fully saturated rings. The van der Waals surface area contributed by atoms with Crippen LogP contribution in [0, 0.1) is 11.3 Å². The van der Waals surface area contributed by atoms with Crippen LogP contribution in [-0.4, -0.2) is 51.2 Å². The van der Waals surface area contributed by atoms with Crippen molar-refractivity contribution < 1.29 is 23.9 Å². The molecule has 158 valence electrons. The van der Waals surface area contributed by atoms with E-state index in [-0.39, 0.29) is 29.1 Å². The monoisotopic (exact) mass is 402 g/mol. The Labute approximate surface area is 171 Å². The van der Waals surface area contributed by atoms with E-state index in [0.717, 1.165) is 51.0 Å². The molecule has 2 saturated heterocycles. The van der Waals surface area contributed by atoms with E-state index in [2.05, 4.69) is 17.1 Å². The molecule has 0 aliphatic carbocycles. The number of benzene rings is 1. The second-order valence-corrected chi connectivity index (χ2v) is 8.19. The minimum absolute atomic E-state index is 0.0822. The van der Waals surface area contributed by atoms with Crippen LogP contribution in [-0.2, 0) is 14.3 Å². The molecule has 2 atom stereocenters. The van der Waals surface area contributed by atoms with Crippen molar-refractivity contribution in [1.82, 2.24) is 5.32 Å². The maximum atomic E-state index is 12.4. The molecule has 3 rings (SSSR count). The molecular formula is C22H30N2O5. The number of rotatable bonds is 9. The molecule has 2 heterocycles. The van der Waals surface area contributed by atoms with Crippen molar-refractivity contribution in [2.75, 3.05) is 31.6 Å². The van der Waals surface area contributed by atoms with Crippen LogP contribution >= 0.6 is 0 Å². The highest BCUT2D eigenvalue weighted by Gasteiger charge is 2.57. The smallest absolute Gasteiger partial charge is 0.338 e. The number of carbonyl (C=O) groups excluding carboxylic acids is 3. The quantitative estimate of drug-likeness (QED) is 0.386. The lowest BCUT2D eigenvalue weighted by Gasteiger charge is -2.60. The van der Waals surface area contributed by atoms with E-state index in [0.29, 0.717) is 11.8 Å². The van der Waals surface area contributed by atoms with Gasteiger partial charge in [-0.25, -0.2) is 4.79 Å². The van der Waals surface area contributed by atoms with Crippen molar-refractivity contribution in [2.24, 2.45) is 11.3 Å². The lowest BCUT2D eigenvalue weighted by molar-refractivity contribution is -0.180. The number of nitrogens with zero attached hydrogens (tertiary/aromatic N) is 1. The molecule has 1 aromatic rings. The molecular weight excluding hydrogens is 372 g/mol. The highest BCUT2D eigenvalue weighted by molar-refractivity contribution is 5.99. The fourth-order valence-corrected chi connectivity index (χ4v) is 4.01. The summed E-state index contributed by atoms with van der Waals surface area (Å²) in [5, 5.41) is 3.23. The number of carbonyl (C=O) groups is 3. The molecule has 1 aromatic carbocycles. The summed E-state index contributed by atoms with van der Waals surface area (Å²) in [6.45, 7) is 6.34. The molecule has 0 radical (unpaired) electrons. The third kappa shape index (κ3) is 4.29. The van der Waals surface area contributed by atoms with Gasteiger partial charge in [0.1, 0.15) is 0 Å². The Hall–Kier alpha value is -2.41. The Bertz CT molecular complexity index is 772. The number of unbranched alkanes of at least 4 members (excludes halogenated alkanes) is 2. The summed E-state index contributed by atoms with van der Waals surface area (Å²) in [5.74, 6) is -0.748. The van der Waals surface area contributed by atoms with E-state index in [1.807, 2.05) is 13.0 Å². The van der Waals surface area contributed by atoms with E-state index in [1.165, 1.54) is 7.11 Å². The van der Waals surface area contributed by atoms with Gasteiger partial charge in [-0.3, -0.25) is 14.9 Å². The predicted octanol–water partition coefficient (Wildman–Crippen LogP) is 2.78. The molecule has 7 nitrogen and oxygen atoms in total. The fourth-order valence-electron chi connectivity index (χ4n) is 4.01. The van der Waals surface area contributed by atoms with E-state index in [1.54, 1.807) is 12.1 Å². The van der Waals surface area contributed by atoms with Crippen LogP contribution in [0.2, 0.25) is 0 Å². The van der Waals surface area contributed by atoms with Gasteiger partial charge in [0.25, 0.3) is 0 Å². The third-order valence-corrected chi connectivity index (χ3v) is 6.02. The van der Waals surface area contributed by atoms with Crippen LogP contribution in [0.5, 0.6) is 0 Å². The van der Waals surface area contributed by atoms with Gasteiger partial charge in [-0.15, -0.1) is 0 Å². The summed E-state index contributed by atoms with van der Waals surface area (Å²) in [6, 6.07) is 5.13. The molecule has 2 aliphatic heterocycles. The predicted molar refractivity (Wildman–Crippen MR) is 109 cm³/mol. The molecule has 1 N–H and O–H groups in total. The number of ether oxygens (including phenoxy) is 2. The summed E-state index contributed by atoms with van der Waals surface area (Å²) in [7, 11) is 1.29. The van der Waals surface area contributed by atoms with Crippen LogP contribution in [0.1, 0.15) is 60.2 Å². The number of hydrogen-bond acceptors (Lipinski definition) is 7. The summed E-state index contributed by atoms with van der Waals surface area (Å²) >= 11 is 0. The standard InChI is InChI=1S/C22H30N2O5/c1-4-5-6-7-15(2)19(26)29-21-22(12-23-21)13-24(14-22)17-8-9-18(20(27)28-3)16(10-17)11-25/h8-11,15,21,23H,4-7,12-14H2,1-3H3. The molecule has 2 unspecified atom stereocenters. The highest BCUT2D eigenvalue weighted by Crippen LogP contribution is 2.42. The SMILES string of the molecule is CCCCCC(C)C(=O)OC1NCC12CN(c1ccc(C(=O)OC)c(C=O)c1)C2. The average molecular weight is 402 g/mol. The van der Waals surface area contributed by atoms with Crippen LogP contribution < -0.4 is 10.2 Å². The number of nitrogens with one attached hydrogen (secondary N) is 1. The summed E-state index contributed by atoms with van der Waals surface area (Å²) < 4.78 is 10.4. The molecule has 29 heavy (non-hydrogen) atoms. The molecule has 0 bridgehead atoms. The van der Waals surface area contributed by atoms with E-state index in [4.69, 9.17) is 9.47 Å². The first kappa shape index (κ1) is 21.3. The van der Waals surface area contributed by atoms with Crippen LogP contribution in [0.25, 0.3) is 0 Å². The minimum Gasteiger partial charge on any atom is -0.465 e. The van der Waals surface area contributed by atoms with E-state index >= 15 is 0 Å². The Balaban J connectivity index is 1.56. The van der Waals surface area contributed by atoms with Gasteiger partial charge in [-0.1, -0.05) is 33.1 Å². The lowest BCUT2D eigenvalue weighted by Crippen LogP contribution is -2.77. The second-order valence-electron chi connectivity index (χ2n) is 8.19. The highest BCUT2D eigenvalue weighted by atomic mass is 16.6. The van der Waals surface area contributed by atoms with Crippen LogP contribution in [0.4, 0.5) is 5.69 Å². The molecule has 0 amide bonds. The van der Waals surface area contributed by atoms with Gasteiger partial charge in [-0.2, -0.15) is 0 Å². The third-order valence-electron chi connectivity index (χ3n) is 6.02. The Morgan fingerprint density at radius 3 is 2.69 bits per heavy atom. The first-order valence-electron chi connectivity index (χ1n) is 10.3. The van der Waals surface area contributed by atoms with Gasteiger partial charge in [-0.05, 0) is 24.6 Å². The first-order valence-corrected chi connectivity index (χ1v) is 10.3. The summed E-state index contributed by atoms with van der Waals surface area (Å²) in [5.41, 5.74) is 1.36. The van der Waals surface area contributed by atoms with Crippen molar-refractivity contribution in [3.63, 3.8) is 0 Å². The largest absolute Gasteiger partial charge is 0.465 e. The van der Waals surface area contributed by atoms with E-state index in [9.17, 15) is 14.4 Å². The lowest BCUT2D eigenvalue weighted by atomic mass is 9.72. The zero-order chi connectivity index (χ0) is 21.0.